The molecular formula is C24H23NO5. The number of ketones is 1. The van der Waals surface area contributed by atoms with Crippen LogP contribution in [0.2, 0.25) is 0 Å². The Hall–Kier alpha value is -3.54. The lowest BCUT2D eigenvalue weighted by Crippen LogP contribution is -2.31. The molecule has 1 atom stereocenters. The molecular weight excluding hydrogens is 382 g/mol. The lowest BCUT2D eigenvalue weighted by atomic mass is 9.77. The normalized spacial score (nSPS) is 18.6. The zero-order valence-electron chi connectivity index (χ0n) is 16.7. The van der Waals surface area contributed by atoms with Crippen LogP contribution in [-0.4, -0.2) is 18.4 Å². The van der Waals surface area contributed by atoms with Crippen LogP contribution in [0.5, 0.6) is 11.5 Å². The number of nitrogens with two attached hydrogens (primary N) is 1. The Morgan fingerprint density at radius 2 is 1.87 bits per heavy atom. The summed E-state index contributed by atoms with van der Waals surface area (Å²) in [6, 6.07) is 16.7. The first-order valence-electron chi connectivity index (χ1n) is 10.0. The summed E-state index contributed by atoms with van der Waals surface area (Å²) in [7, 11) is 0. The molecule has 2 aromatic carbocycles. The van der Waals surface area contributed by atoms with Crippen molar-refractivity contribution in [1.29, 1.82) is 0 Å². The maximum absolute atomic E-state index is 12.8. The van der Waals surface area contributed by atoms with Gasteiger partial charge in [-0.25, -0.2) is 4.79 Å². The molecule has 0 radical (unpaired) electrons. The lowest BCUT2D eigenvalue weighted by Gasteiger charge is -2.32. The van der Waals surface area contributed by atoms with Gasteiger partial charge in [-0.05, 0) is 43.2 Å². The summed E-state index contributed by atoms with van der Waals surface area (Å²) >= 11 is 0. The van der Waals surface area contributed by atoms with E-state index in [1.807, 2.05) is 54.6 Å². The fraction of sp³-hybridized carbons (Fsp3) is 0.250. The van der Waals surface area contributed by atoms with E-state index < -0.39 is 11.9 Å². The van der Waals surface area contributed by atoms with Crippen LogP contribution in [0.4, 0.5) is 0 Å². The fourth-order valence-electron chi connectivity index (χ4n) is 3.88. The standard InChI is InChI=1S/C24H23NO5/c1-2-28-24(27)22-20(21-18(26)12-7-13-19(21)30-23(22)25)15-8-6-11-17(14-15)29-16-9-4-3-5-10-16/h3-6,8-11,14,20H,2,7,12-13,25H2,1H3/t20-/m1/s1. The van der Waals surface area contributed by atoms with Crippen molar-refractivity contribution in [3.63, 3.8) is 0 Å². The summed E-state index contributed by atoms with van der Waals surface area (Å²) in [4.78, 5) is 25.6. The molecule has 0 saturated heterocycles. The summed E-state index contributed by atoms with van der Waals surface area (Å²) in [6.45, 7) is 1.91. The van der Waals surface area contributed by atoms with Crippen LogP contribution >= 0.6 is 0 Å². The van der Waals surface area contributed by atoms with Crippen molar-refractivity contribution < 1.29 is 23.8 Å². The van der Waals surface area contributed by atoms with E-state index >= 15 is 0 Å². The van der Waals surface area contributed by atoms with E-state index in [-0.39, 0.29) is 23.8 Å². The van der Waals surface area contributed by atoms with Crippen molar-refractivity contribution in [2.75, 3.05) is 6.61 Å². The molecule has 0 aromatic heterocycles. The van der Waals surface area contributed by atoms with E-state index in [1.165, 1.54) is 0 Å². The monoisotopic (exact) mass is 405 g/mol. The molecule has 0 saturated carbocycles. The molecule has 30 heavy (non-hydrogen) atoms. The quantitative estimate of drug-likeness (QED) is 0.745. The molecule has 0 bridgehead atoms. The van der Waals surface area contributed by atoms with E-state index in [4.69, 9.17) is 19.9 Å². The van der Waals surface area contributed by atoms with Crippen molar-refractivity contribution in [2.45, 2.75) is 32.1 Å². The Morgan fingerprint density at radius 1 is 1.10 bits per heavy atom. The number of hydrogen-bond donors (Lipinski definition) is 1. The Morgan fingerprint density at radius 3 is 2.63 bits per heavy atom. The molecule has 154 valence electrons. The summed E-state index contributed by atoms with van der Waals surface area (Å²) in [5.74, 6) is 0.537. The van der Waals surface area contributed by atoms with E-state index in [9.17, 15) is 9.59 Å². The number of esters is 1. The predicted molar refractivity (Wildman–Crippen MR) is 111 cm³/mol. The lowest BCUT2D eigenvalue weighted by molar-refractivity contribution is -0.139. The van der Waals surface area contributed by atoms with E-state index in [1.54, 1.807) is 6.92 Å². The highest BCUT2D eigenvalue weighted by atomic mass is 16.5. The van der Waals surface area contributed by atoms with Gasteiger partial charge in [0.2, 0.25) is 5.88 Å². The highest BCUT2D eigenvalue weighted by Gasteiger charge is 2.41. The molecule has 2 aromatic rings. The van der Waals surface area contributed by atoms with Gasteiger partial charge in [0.05, 0.1) is 12.5 Å². The minimum Gasteiger partial charge on any atom is -0.462 e. The summed E-state index contributed by atoms with van der Waals surface area (Å²) in [5.41, 5.74) is 7.49. The van der Waals surface area contributed by atoms with Crippen molar-refractivity contribution in [3.05, 3.63) is 82.9 Å². The van der Waals surface area contributed by atoms with Gasteiger partial charge in [-0.3, -0.25) is 4.79 Å². The third kappa shape index (κ3) is 3.81. The van der Waals surface area contributed by atoms with Crippen LogP contribution in [0, 0.1) is 0 Å². The second kappa shape index (κ2) is 8.45. The van der Waals surface area contributed by atoms with Crippen LogP contribution < -0.4 is 10.5 Å². The minimum atomic E-state index is -0.653. The number of rotatable bonds is 5. The van der Waals surface area contributed by atoms with E-state index in [0.717, 1.165) is 5.56 Å². The Labute approximate surface area is 174 Å². The number of carbonyl (C=O) groups is 2. The largest absolute Gasteiger partial charge is 0.462 e. The summed E-state index contributed by atoms with van der Waals surface area (Å²) < 4.78 is 16.9. The Balaban J connectivity index is 1.78. The van der Waals surface area contributed by atoms with Gasteiger partial charge in [-0.1, -0.05) is 30.3 Å². The maximum atomic E-state index is 12.8. The zero-order chi connectivity index (χ0) is 21.1. The molecule has 0 amide bonds. The van der Waals surface area contributed by atoms with Crippen molar-refractivity contribution in [3.8, 4) is 11.5 Å². The van der Waals surface area contributed by atoms with E-state index in [0.29, 0.717) is 42.1 Å². The molecule has 4 rings (SSSR count). The van der Waals surface area contributed by atoms with Crippen LogP contribution in [0.1, 0.15) is 37.7 Å². The van der Waals surface area contributed by atoms with Gasteiger partial charge >= 0.3 is 5.97 Å². The topological polar surface area (TPSA) is 87.9 Å². The second-order valence-corrected chi connectivity index (χ2v) is 7.13. The maximum Gasteiger partial charge on any atom is 0.340 e. The average molecular weight is 405 g/mol. The Kier molecular flexibility index (Phi) is 5.57. The number of Topliss-reactive ketones (excluding diaryl/α,β-unsaturated/α-hetero) is 1. The SMILES string of the molecule is CCOC(=O)C1=C(N)OC2=C(C(=O)CCC2)[C@H]1c1cccc(Oc2ccccc2)c1. The van der Waals surface area contributed by atoms with Crippen LogP contribution in [0.15, 0.2) is 77.4 Å². The van der Waals surface area contributed by atoms with Crippen molar-refractivity contribution >= 4 is 11.8 Å². The van der Waals surface area contributed by atoms with Gasteiger partial charge in [-0.15, -0.1) is 0 Å². The first kappa shape index (κ1) is 19.8. The summed E-state index contributed by atoms with van der Waals surface area (Å²) in [6.07, 6.45) is 1.72. The van der Waals surface area contributed by atoms with Gasteiger partial charge in [0.25, 0.3) is 0 Å². The molecule has 6 heteroatoms. The molecule has 6 nitrogen and oxygen atoms in total. The van der Waals surface area contributed by atoms with E-state index in [2.05, 4.69) is 0 Å². The van der Waals surface area contributed by atoms with Crippen LogP contribution in [-0.2, 0) is 19.1 Å². The van der Waals surface area contributed by atoms with Gasteiger partial charge in [-0.2, -0.15) is 0 Å². The molecule has 0 spiro atoms. The number of para-hydroxylation sites is 1. The first-order chi connectivity index (χ1) is 14.6. The highest BCUT2D eigenvalue weighted by Crippen LogP contribution is 2.44. The fourth-order valence-corrected chi connectivity index (χ4v) is 3.88. The molecule has 2 N–H and O–H groups in total. The second-order valence-electron chi connectivity index (χ2n) is 7.13. The van der Waals surface area contributed by atoms with Gasteiger partial charge < -0.3 is 19.9 Å². The molecule has 0 unspecified atom stereocenters. The molecule has 1 heterocycles. The molecule has 1 aliphatic heterocycles. The van der Waals surface area contributed by atoms with Gasteiger partial charge in [0.15, 0.2) is 5.78 Å². The van der Waals surface area contributed by atoms with Crippen LogP contribution in [0.25, 0.3) is 0 Å². The molecule has 0 fully saturated rings. The number of benzene rings is 2. The first-order valence-corrected chi connectivity index (χ1v) is 10.0. The zero-order valence-corrected chi connectivity index (χ0v) is 16.7. The number of carbonyl (C=O) groups excluding carboxylic acids is 2. The molecule has 2 aliphatic rings. The molecule has 1 aliphatic carbocycles. The number of hydrogen-bond acceptors (Lipinski definition) is 6. The van der Waals surface area contributed by atoms with Crippen molar-refractivity contribution in [2.24, 2.45) is 5.73 Å². The van der Waals surface area contributed by atoms with Gasteiger partial charge in [0.1, 0.15) is 22.8 Å². The third-order valence-corrected chi connectivity index (χ3v) is 5.15. The average Bonchev–Trinajstić information content (AvgIpc) is 2.74. The number of allylic oxidation sites excluding steroid dienone is 2. The van der Waals surface area contributed by atoms with Crippen LogP contribution in [0.3, 0.4) is 0 Å². The third-order valence-electron chi connectivity index (χ3n) is 5.15. The Bertz CT molecular complexity index is 1040. The number of ether oxygens (including phenoxy) is 3. The minimum absolute atomic E-state index is 0.0127. The summed E-state index contributed by atoms with van der Waals surface area (Å²) in [5, 5.41) is 0. The smallest absolute Gasteiger partial charge is 0.340 e. The van der Waals surface area contributed by atoms with Crippen molar-refractivity contribution in [1.82, 2.24) is 0 Å². The highest BCUT2D eigenvalue weighted by molar-refractivity contribution is 6.03. The predicted octanol–water partition coefficient (Wildman–Crippen LogP) is 4.33. The van der Waals surface area contributed by atoms with Gasteiger partial charge in [0, 0.05) is 18.4 Å².